The summed E-state index contributed by atoms with van der Waals surface area (Å²) in [6.45, 7) is 0.559. The first-order chi connectivity index (χ1) is 10.7. The number of hydrogen-bond donors (Lipinski definition) is 0. The van der Waals surface area contributed by atoms with Gasteiger partial charge in [0.05, 0.1) is 24.3 Å². The Kier molecular flexibility index (Phi) is 4.24. The third-order valence-electron chi connectivity index (χ3n) is 3.62. The Hall–Kier alpha value is -2.14. The van der Waals surface area contributed by atoms with Crippen LogP contribution in [-0.4, -0.2) is 16.7 Å². The first-order valence-electron chi connectivity index (χ1n) is 6.96. The van der Waals surface area contributed by atoms with E-state index >= 15 is 0 Å². The summed E-state index contributed by atoms with van der Waals surface area (Å²) >= 11 is 3.43. The number of aromatic nitrogens is 2. The second-order valence-electron chi connectivity index (χ2n) is 4.94. The number of para-hydroxylation sites is 1. The lowest BCUT2D eigenvalue weighted by molar-refractivity contribution is 0.408. The van der Waals surface area contributed by atoms with Crippen LogP contribution in [0.2, 0.25) is 0 Å². The van der Waals surface area contributed by atoms with E-state index in [2.05, 4.69) is 20.9 Å². The predicted molar refractivity (Wildman–Crippen MR) is 90.4 cm³/mol. The molecule has 0 amide bonds. The summed E-state index contributed by atoms with van der Waals surface area (Å²) in [5.74, 6) is 0.838. The van der Waals surface area contributed by atoms with Crippen LogP contribution in [0.1, 0.15) is 5.56 Å². The minimum absolute atomic E-state index is 0.0348. The van der Waals surface area contributed by atoms with E-state index in [1.807, 2.05) is 42.5 Å². The third-order valence-corrected chi connectivity index (χ3v) is 4.28. The standard InChI is InChI=1S/C17H15BrN2O2/c1-22-15-8-3-2-5-12(15)9-10-20-11-19-14-7-4-6-13(18)16(14)17(20)21/h2-8,11H,9-10H2,1H3. The van der Waals surface area contributed by atoms with E-state index in [9.17, 15) is 4.79 Å². The zero-order valence-electron chi connectivity index (χ0n) is 12.1. The summed E-state index contributed by atoms with van der Waals surface area (Å²) in [4.78, 5) is 16.9. The predicted octanol–water partition coefficient (Wildman–Crippen LogP) is 3.41. The Morgan fingerprint density at radius 1 is 1.18 bits per heavy atom. The van der Waals surface area contributed by atoms with E-state index in [4.69, 9.17) is 4.74 Å². The molecule has 0 N–H and O–H groups in total. The summed E-state index contributed by atoms with van der Waals surface area (Å²) in [5.41, 5.74) is 1.74. The van der Waals surface area contributed by atoms with Gasteiger partial charge in [-0.3, -0.25) is 9.36 Å². The Balaban J connectivity index is 1.93. The normalized spacial score (nSPS) is 10.8. The van der Waals surface area contributed by atoms with Gasteiger partial charge in [0.1, 0.15) is 5.75 Å². The summed E-state index contributed by atoms with van der Waals surface area (Å²) in [6, 6.07) is 13.4. The largest absolute Gasteiger partial charge is 0.496 e. The SMILES string of the molecule is COc1ccccc1CCn1cnc2cccc(Br)c2c1=O. The number of fused-ring (bicyclic) bond motifs is 1. The van der Waals surface area contributed by atoms with Crippen LogP contribution in [0.4, 0.5) is 0 Å². The summed E-state index contributed by atoms with van der Waals surface area (Å²) < 4.78 is 7.75. The highest BCUT2D eigenvalue weighted by Crippen LogP contribution is 2.20. The molecule has 0 bridgehead atoms. The van der Waals surface area contributed by atoms with Gasteiger partial charge in [0.2, 0.25) is 0 Å². The third kappa shape index (κ3) is 2.76. The van der Waals surface area contributed by atoms with E-state index in [-0.39, 0.29) is 5.56 Å². The first-order valence-corrected chi connectivity index (χ1v) is 7.75. The molecule has 0 atom stereocenters. The van der Waals surface area contributed by atoms with E-state index in [0.717, 1.165) is 15.8 Å². The molecule has 0 saturated carbocycles. The molecule has 0 saturated heterocycles. The fourth-order valence-electron chi connectivity index (χ4n) is 2.47. The molecule has 2 aromatic carbocycles. The first kappa shape index (κ1) is 14.8. The number of ether oxygens (including phenoxy) is 1. The van der Waals surface area contributed by atoms with Crippen LogP contribution < -0.4 is 10.3 Å². The van der Waals surface area contributed by atoms with Gasteiger partial charge in [0.25, 0.3) is 5.56 Å². The van der Waals surface area contributed by atoms with Crippen molar-refractivity contribution in [3.63, 3.8) is 0 Å². The molecule has 1 heterocycles. The number of hydrogen-bond acceptors (Lipinski definition) is 3. The Labute approximate surface area is 136 Å². The number of rotatable bonds is 4. The molecule has 5 heteroatoms. The molecule has 22 heavy (non-hydrogen) atoms. The van der Waals surface area contributed by atoms with Gasteiger partial charge in [-0.2, -0.15) is 0 Å². The monoisotopic (exact) mass is 358 g/mol. The van der Waals surface area contributed by atoms with E-state index in [1.54, 1.807) is 18.0 Å². The highest BCUT2D eigenvalue weighted by molar-refractivity contribution is 9.10. The van der Waals surface area contributed by atoms with Gasteiger partial charge >= 0.3 is 0 Å². The highest BCUT2D eigenvalue weighted by atomic mass is 79.9. The van der Waals surface area contributed by atoms with Gasteiger partial charge in [0.15, 0.2) is 0 Å². The van der Waals surface area contributed by atoms with Crippen molar-refractivity contribution in [1.82, 2.24) is 9.55 Å². The molecule has 0 unspecified atom stereocenters. The molecule has 1 aromatic heterocycles. The van der Waals surface area contributed by atoms with Crippen molar-refractivity contribution in [3.8, 4) is 5.75 Å². The summed E-state index contributed by atoms with van der Waals surface area (Å²) in [7, 11) is 1.65. The van der Waals surface area contributed by atoms with Crippen molar-refractivity contribution in [2.75, 3.05) is 7.11 Å². The Morgan fingerprint density at radius 3 is 2.82 bits per heavy atom. The molecule has 0 aliphatic heterocycles. The molecule has 0 aliphatic carbocycles. The fourth-order valence-corrected chi connectivity index (χ4v) is 3.00. The van der Waals surface area contributed by atoms with Crippen molar-refractivity contribution < 1.29 is 4.74 Å². The van der Waals surface area contributed by atoms with Crippen LogP contribution in [0.15, 0.2) is 58.1 Å². The molecule has 0 fully saturated rings. The molecule has 4 nitrogen and oxygen atoms in total. The van der Waals surface area contributed by atoms with E-state index in [1.165, 1.54) is 0 Å². The average molecular weight is 359 g/mol. The molecular weight excluding hydrogens is 344 g/mol. The van der Waals surface area contributed by atoms with E-state index in [0.29, 0.717) is 23.9 Å². The van der Waals surface area contributed by atoms with Gasteiger partial charge in [0, 0.05) is 11.0 Å². The van der Waals surface area contributed by atoms with Crippen LogP contribution in [0.3, 0.4) is 0 Å². The Morgan fingerprint density at radius 2 is 2.00 bits per heavy atom. The molecule has 3 rings (SSSR count). The second kappa shape index (κ2) is 6.32. The minimum atomic E-state index is -0.0348. The Bertz CT molecular complexity index is 874. The molecule has 112 valence electrons. The molecular formula is C17H15BrN2O2. The molecule has 0 radical (unpaired) electrons. The zero-order chi connectivity index (χ0) is 15.5. The van der Waals surface area contributed by atoms with Crippen LogP contribution in [0.25, 0.3) is 10.9 Å². The zero-order valence-corrected chi connectivity index (χ0v) is 13.7. The van der Waals surface area contributed by atoms with Crippen LogP contribution in [0, 0.1) is 0 Å². The summed E-state index contributed by atoms with van der Waals surface area (Å²) in [5, 5.41) is 0.616. The topological polar surface area (TPSA) is 44.1 Å². The van der Waals surface area contributed by atoms with Crippen molar-refractivity contribution in [3.05, 3.63) is 69.2 Å². The second-order valence-corrected chi connectivity index (χ2v) is 5.79. The number of halogens is 1. The van der Waals surface area contributed by atoms with Gasteiger partial charge in [-0.25, -0.2) is 4.98 Å². The number of nitrogens with zero attached hydrogens (tertiary/aromatic N) is 2. The average Bonchev–Trinajstić information content (AvgIpc) is 2.54. The van der Waals surface area contributed by atoms with Crippen molar-refractivity contribution in [2.45, 2.75) is 13.0 Å². The summed E-state index contributed by atoms with van der Waals surface area (Å²) in [6.07, 6.45) is 2.31. The highest BCUT2D eigenvalue weighted by Gasteiger charge is 2.08. The van der Waals surface area contributed by atoms with Crippen LogP contribution in [-0.2, 0) is 13.0 Å². The lowest BCUT2D eigenvalue weighted by atomic mass is 10.1. The fraction of sp³-hybridized carbons (Fsp3) is 0.176. The lowest BCUT2D eigenvalue weighted by Gasteiger charge is -2.10. The molecule has 0 spiro atoms. The van der Waals surface area contributed by atoms with Crippen molar-refractivity contribution in [1.29, 1.82) is 0 Å². The van der Waals surface area contributed by atoms with Crippen molar-refractivity contribution >= 4 is 26.8 Å². The minimum Gasteiger partial charge on any atom is -0.496 e. The number of aryl methyl sites for hydroxylation is 2. The quantitative estimate of drug-likeness (QED) is 0.717. The lowest BCUT2D eigenvalue weighted by Crippen LogP contribution is -2.22. The van der Waals surface area contributed by atoms with Gasteiger partial charge in [-0.1, -0.05) is 24.3 Å². The van der Waals surface area contributed by atoms with Crippen LogP contribution in [0.5, 0.6) is 5.75 Å². The molecule has 0 aliphatic rings. The van der Waals surface area contributed by atoms with E-state index < -0.39 is 0 Å². The number of benzene rings is 2. The maximum absolute atomic E-state index is 12.6. The smallest absolute Gasteiger partial charge is 0.262 e. The van der Waals surface area contributed by atoms with Crippen LogP contribution >= 0.6 is 15.9 Å². The molecule has 3 aromatic rings. The van der Waals surface area contributed by atoms with Gasteiger partial charge in [-0.15, -0.1) is 0 Å². The number of methoxy groups -OCH3 is 1. The maximum Gasteiger partial charge on any atom is 0.262 e. The van der Waals surface area contributed by atoms with Gasteiger partial charge < -0.3 is 4.74 Å². The maximum atomic E-state index is 12.6. The van der Waals surface area contributed by atoms with Gasteiger partial charge in [-0.05, 0) is 46.1 Å². The van der Waals surface area contributed by atoms with Crippen molar-refractivity contribution in [2.24, 2.45) is 0 Å².